The Bertz CT molecular complexity index is 376. The molecule has 0 radical (unpaired) electrons. The van der Waals surface area contributed by atoms with Crippen molar-refractivity contribution >= 4 is 11.6 Å². The van der Waals surface area contributed by atoms with E-state index in [-0.39, 0.29) is 5.91 Å². The highest BCUT2D eigenvalue weighted by molar-refractivity contribution is 5.92. The van der Waals surface area contributed by atoms with Crippen LogP contribution in [0.3, 0.4) is 0 Å². The number of methoxy groups -OCH3 is 1. The third kappa shape index (κ3) is 4.37. The fourth-order valence-electron chi connectivity index (χ4n) is 1.76. The van der Waals surface area contributed by atoms with Gasteiger partial charge in [0.15, 0.2) is 0 Å². The summed E-state index contributed by atoms with van der Waals surface area (Å²) >= 11 is 0. The van der Waals surface area contributed by atoms with E-state index in [1.54, 1.807) is 7.11 Å². The zero-order valence-corrected chi connectivity index (χ0v) is 11.4. The highest BCUT2D eigenvalue weighted by atomic mass is 16.5. The Kier molecular flexibility index (Phi) is 6.22. The molecule has 1 N–H and O–H groups in total. The van der Waals surface area contributed by atoms with Gasteiger partial charge in [-0.1, -0.05) is 26.0 Å². The number of hydrogen-bond acceptors (Lipinski definition) is 3. The van der Waals surface area contributed by atoms with Crippen LogP contribution in [0.2, 0.25) is 0 Å². The first-order valence-corrected chi connectivity index (χ1v) is 6.36. The van der Waals surface area contributed by atoms with Gasteiger partial charge < -0.3 is 15.0 Å². The average Bonchev–Trinajstić information content (AvgIpc) is 2.40. The second-order valence-electron chi connectivity index (χ2n) is 4.03. The minimum atomic E-state index is 0.0198. The van der Waals surface area contributed by atoms with Gasteiger partial charge in [-0.05, 0) is 25.2 Å². The molecular formula is C14H22N2O2. The third-order valence-corrected chi connectivity index (χ3v) is 2.93. The number of anilines is 1. The Morgan fingerprint density at radius 1 is 1.28 bits per heavy atom. The Labute approximate surface area is 109 Å². The van der Waals surface area contributed by atoms with Crippen molar-refractivity contribution in [2.45, 2.75) is 20.3 Å². The number of carbonyl (C=O) groups excluding carboxylic acids is 1. The van der Waals surface area contributed by atoms with E-state index < -0.39 is 0 Å². The van der Waals surface area contributed by atoms with Crippen molar-refractivity contribution in [1.29, 1.82) is 0 Å². The maximum atomic E-state index is 11.8. The number of nitrogens with zero attached hydrogens (tertiary/aromatic N) is 1. The molecule has 1 aromatic rings. The summed E-state index contributed by atoms with van der Waals surface area (Å²) in [5.74, 6) is 0.708. The second-order valence-corrected chi connectivity index (χ2v) is 4.03. The van der Waals surface area contributed by atoms with Crippen molar-refractivity contribution < 1.29 is 9.53 Å². The van der Waals surface area contributed by atoms with E-state index in [0.717, 1.165) is 25.3 Å². The second kappa shape index (κ2) is 7.71. The Morgan fingerprint density at radius 2 is 1.94 bits per heavy atom. The average molecular weight is 250 g/mol. The van der Waals surface area contributed by atoms with E-state index in [2.05, 4.69) is 24.1 Å². The van der Waals surface area contributed by atoms with E-state index in [4.69, 9.17) is 4.74 Å². The van der Waals surface area contributed by atoms with Crippen LogP contribution in [0, 0.1) is 0 Å². The Morgan fingerprint density at radius 3 is 2.56 bits per heavy atom. The molecule has 1 rings (SSSR count). The van der Waals surface area contributed by atoms with Crippen molar-refractivity contribution in [3.63, 3.8) is 0 Å². The normalized spacial score (nSPS) is 10.4. The van der Waals surface area contributed by atoms with Gasteiger partial charge in [-0.2, -0.15) is 0 Å². The largest absolute Gasteiger partial charge is 0.495 e. The van der Waals surface area contributed by atoms with E-state index in [0.29, 0.717) is 12.2 Å². The highest BCUT2D eigenvalue weighted by Gasteiger charge is 2.08. The SMILES string of the molecule is CCN(CC)CCC(=O)Nc1ccccc1OC. The van der Waals surface area contributed by atoms with Gasteiger partial charge in [0.2, 0.25) is 5.91 Å². The van der Waals surface area contributed by atoms with Crippen LogP contribution in [0.4, 0.5) is 5.69 Å². The van der Waals surface area contributed by atoms with Crippen LogP contribution in [0.25, 0.3) is 0 Å². The summed E-state index contributed by atoms with van der Waals surface area (Å²) in [5, 5.41) is 2.87. The molecule has 0 atom stereocenters. The molecule has 0 aliphatic carbocycles. The first kappa shape index (κ1) is 14.5. The first-order chi connectivity index (χ1) is 8.71. The number of carbonyl (C=O) groups is 1. The molecule has 0 spiro atoms. The van der Waals surface area contributed by atoms with Gasteiger partial charge in [0.05, 0.1) is 12.8 Å². The predicted octanol–water partition coefficient (Wildman–Crippen LogP) is 2.37. The standard InChI is InChI=1S/C14H22N2O2/c1-4-16(5-2)11-10-14(17)15-12-8-6-7-9-13(12)18-3/h6-9H,4-5,10-11H2,1-3H3,(H,15,17). The molecule has 4 heteroatoms. The molecule has 0 aromatic heterocycles. The Balaban J connectivity index is 2.49. The molecule has 1 aromatic carbocycles. The smallest absolute Gasteiger partial charge is 0.225 e. The molecule has 0 saturated heterocycles. The van der Waals surface area contributed by atoms with E-state index in [1.807, 2.05) is 24.3 Å². The van der Waals surface area contributed by atoms with Crippen LogP contribution < -0.4 is 10.1 Å². The molecule has 0 bridgehead atoms. The number of rotatable bonds is 7. The summed E-state index contributed by atoms with van der Waals surface area (Å²) < 4.78 is 5.19. The summed E-state index contributed by atoms with van der Waals surface area (Å²) in [6, 6.07) is 7.43. The van der Waals surface area contributed by atoms with Gasteiger partial charge in [-0.3, -0.25) is 4.79 Å². The van der Waals surface area contributed by atoms with E-state index in [1.165, 1.54) is 0 Å². The number of nitrogens with one attached hydrogen (secondary N) is 1. The van der Waals surface area contributed by atoms with Crippen LogP contribution in [0.1, 0.15) is 20.3 Å². The number of amides is 1. The third-order valence-electron chi connectivity index (χ3n) is 2.93. The molecule has 18 heavy (non-hydrogen) atoms. The summed E-state index contributed by atoms with van der Waals surface area (Å²) in [6.07, 6.45) is 0.500. The van der Waals surface area contributed by atoms with Crippen LogP contribution in [-0.2, 0) is 4.79 Å². The minimum absolute atomic E-state index is 0.0198. The number of para-hydroxylation sites is 2. The zero-order chi connectivity index (χ0) is 13.4. The van der Waals surface area contributed by atoms with Crippen molar-refractivity contribution in [3.05, 3.63) is 24.3 Å². The molecule has 0 aliphatic rings. The molecule has 0 aliphatic heterocycles. The van der Waals surface area contributed by atoms with E-state index >= 15 is 0 Å². The van der Waals surface area contributed by atoms with Crippen LogP contribution in [0.5, 0.6) is 5.75 Å². The Hall–Kier alpha value is -1.55. The maximum Gasteiger partial charge on any atom is 0.225 e. The fraction of sp³-hybridized carbons (Fsp3) is 0.500. The molecular weight excluding hydrogens is 228 g/mol. The van der Waals surface area contributed by atoms with Crippen molar-refractivity contribution in [2.24, 2.45) is 0 Å². The lowest BCUT2D eigenvalue weighted by molar-refractivity contribution is -0.116. The number of benzene rings is 1. The lowest BCUT2D eigenvalue weighted by Crippen LogP contribution is -2.27. The van der Waals surface area contributed by atoms with Crippen molar-refractivity contribution in [2.75, 3.05) is 32.1 Å². The summed E-state index contributed by atoms with van der Waals surface area (Å²) in [4.78, 5) is 14.0. The highest BCUT2D eigenvalue weighted by Crippen LogP contribution is 2.22. The molecule has 1 amide bonds. The van der Waals surface area contributed by atoms with Gasteiger partial charge >= 0.3 is 0 Å². The van der Waals surface area contributed by atoms with Crippen molar-refractivity contribution in [1.82, 2.24) is 4.90 Å². The molecule has 4 nitrogen and oxygen atoms in total. The monoisotopic (exact) mass is 250 g/mol. The topological polar surface area (TPSA) is 41.6 Å². The molecule has 100 valence electrons. The maximum absolute atomic E-state index is 11.8. The lowest BCUT2D eigenvalue weighted by Gasteiger charge is -2.17. The molecule has 0 unspecified atom stereocenters. The van der Waals surface area contributed by atoms with Crippen LogP contribution in [-0.4, -0.2) is 37.6 Å². The van der Waals surface area contributed by atoms with Gasteiger partial charge in [0, 0.05) is 13.0 Å². The minimum Gasteiger partial charge on any atom is -0.495 e. The molecule has 0 fully saturated rings. The summed E-state index contributed by atoms with van der Waals surface area (Å²) in [5.41, 5.74) is 0.726. The van der Waals surface area contributed by atoms with Gasteiger partial charge in [0.1, 0.15) is 5.75 Å². The number of ether oxygens (including phenoxy) is 1. The number of hydrogen-bond donors (Lipinski definition) is 1. The predicted molar refractivity (Wildman–Crippen MR) is 74.0 cm³/mol. The van der Waals surface area contributed by atoms with Crippen molar-refractivity contribution in [3.8, 4) is 5.75 Å². The van der Waals surface area contributed by atoms with Gasteiger partial charge in [-0.25, -0.2) is 0 Å². The molecule has 0 heterocycles. The molecule has 0 saturated carbocycles. The van der Waals surface area contributed by atoms with Crippen LogP contribution in [0.15, 0.2) is 24.3 Å². The van der Waals surface area contributed by atoms with Gasteiger partial charge in [-0.15, -0.1) is 0 Å². The summed E-state index contributed by atoms with van der Waals surface area (Å²) in [7, 11) is 1.60. The first-order valence-electron chi connectivity index (χ1n) is 6.36. The quantitative estimate of drug-likeness (QED) is 0.807. The fourth-order valence-corrected chi connectivity index (χ4v) is 1.76. The summed E-state index contributed by atoms with van der Waals surface area (Å²) in [6.45, 7) is 6.92. The van der Waals surface area contributed by atoms with Gasteiger partial charge in [0.25, 0.3) is 0 Å². The zero-order valence-electron chi connectivity index (χ0n) is 11.4. The van der Waals surface area contributed by atoms with E-state index in [9.17, 15) is 4.79 Å². The van der Waals surface area contributed by atoms with Crippen LogP contribution >= 0.6 is 0 Å². The lowest BCUT2D eigenvalue weighted by atomic mass is 10.2.